The zero-order valence-corrected chi connectivity index (χ0v) is 19.5. The molecule has 34 heavy (non-hydrogen) atoms. The van der Waals surface area contributed by atoms with Crippen LogP contribution in [0.5, 0.6) is 0 Å². The predicted octanol–water partition coefficient (Wildman–Crippen LogP) is 3.26. The lowest BCUT2D eigenvalue weighted by molar-refractivity contribution is -0.156. The molecule has 1 fully saturated rings. The number of amides is 2. The number of aromatic amines is 1. The molecule has 3 aromatic rings. The number of carbonyl (C=O) groups excluding carboxylic acids is 2. The quantitative estimate of drug-likeness (QED) is 0.424. The number of carboxylic acid groups (broad SMARTS) is 1. The number of carboxylic acids is 1. The fourth-order valence-corrected chi connectivity index (χ4v) is 5.63. The second-order valence-electron chi connectivity index (χ2n) is 9.08. The number of rotatable bonds is 5. The van der Waals surface area contributed by atoms with Crippen molar-refractivity contribution in [2.75, 3.05) is 0 Å². The highest BCUT2D eigenvalue weighted by Gasteiger charge is 2.45. The van der Waals surface area contributed by atoms with Crippen molar-refractivity contribution in [2.24, 2.45) is 0 Å². The van der Waals surface area contributed by atoms with E-state index in [1.165, 1.54) is 4.90 Å². The van der Waals surface area contributed by atoms with Gasteiger partial charge in [0.05, 0.1) is 11.3 Å². The second kappa shape index (κ2) is 9.18. The average molecular weight is 478 g/mol. The molecule has 8 heteroatoms. The minimum atomic E-state index is -1.01. The Kier molecular flexibility index (Phi) is 6.08. The molecule has 2 amide bonds. The van der Waals surface area contributed by atoms with Gasteiger partial charge in [0.2, 0.25) is 11.8 Å². The number of hydrogen-bond donors (Lipinski definition) is 4. The molecule has 1 aromatic heterocycles. The van der Waals surface area contributed by atoms with Crippen LogP contribution < -0.4 is 5.32 Å². The van der Waals surface area contributed by atoms with Gasteiger partial charge in [-0.05, 0) is 42.9 Å². The van der Waals surface area contributed by atoms with Crippen LogP contribution in [0.1, 0.15) is 42.1 Å². The van der Waals surface area contributed by atoms with E-state index in [-0.39, 0.29) is 17.9 Å². The van der Waals surface area contributed by atoms with Crippen molar-refractivity contribution < 1.29 is 19.5 Å². The molecule has 4 atom stereocenters. The van der Waals surface area contributed by atoms with Crippen LogP contribution in [0.3, 0.4) is 0 Å². The topological polar surface area (TPSA) is 102 Å². The number of para-hydroxylation sites is 1. The van der Waals surface area contributed by atoms with Gasteiger partial charge in [-0.2, -0.15) is 12.6 Å². The number of nitrogens with one attached hydrogen (secondary N) is 2. The second-order valence-corrected chi connectivity index (χ2v) is 9.70. The van der Waals surface area contributed by atoms with Crippen LogP contribution >= 0.6 is 12.6 Å². The molecule has 3 heterocycles. The van der Waals surface area contributed by atoms with Gasteiger partial charge >= 0.3 is 5.97 Å². The molecule has 2 aliphatic rings. The Morgan fingerprint density at radius 3 is 2.62 bits per heavy atom. The standard InChI is InChI=1S/C26H27N3O4S/c30-24(22(34)13-15-7-2-1-3-8-15)28-19-14-17-16-9-4-5-10-18(16)27-23(17)20-11-6-12-21(26(32)33)29(20)25(19)31/h1-5,7-10,19-22,27,34H,6,11-14H2,(H,28,30)(H,32,33)/t19-,20+,21-,22-/m0/s1. The zero-order chi connectivity index (χ0) is 23.8. The molecule has 0 spiro atoms. The van der Waals surface area contributed by atoms with Crippen LogP contribution in [0, 0.1) is 0 Å². The first-order chi connectivity index (χ1) is 16.4. The van der Waals surface area contributed by atoms with E-state index in [1.807, 2.05) is 54.6 Å². The van der Waals surface area contributed by atoms with Crippen LogP contribution in [0.4, 0.5) is 0 Å². The van der Waals surface area contributed by atoms with Gasteiger partial charge in [0.15, 0.2) is 0 Å². The maximum absolute atomic E-state index is 13.7. The number of aromatic nitrogens is 1. The Balaban J connectivity index is 1.49. The first-order valence-electron chi connectivity index (χ1n) is 11.6. The van der Waals surface area contributed by atoms with Gasteiger partial charge in [-0.3, -0.25) is 9.59 Å². The number of fused-ring (bicyclic) bond motifs is 5. The van der Waals surface area contributed by atoms with Crippen molar-refractivity contribution in [3.05, 3.63) is 71.4 Å². The maximum Gasteiger partial charge on any atom is 0.326 e. The Labute approximate surface area is 202 Å². The molecule has 2 aliphatic heterocycles. The first-order valence-corrected chi connectivity index (χ1v) is 12.1. The van der Waals surface area contributed by atoms with E-state index in [4.69, 9.17) is 0 Å². The van der Waals surface area contributed by atoms with Crippen molar-refractivity contribution in [3.63, 3.8) is 0 Å². The fourth-order valence-electron chi connectivity index (χ4n) is 5.34. The van der Waals surface area contributed by atoms with Gasteiger partial charge in [0.25, 0.3) is 0 Å². The van der Waals surface area contributed by atoms with Gasteiger partial charge in [-0.1, -0.05) is 48.5 Å². The van der Waals surface area contributed by atoms with E-state index in [0.717, 1.165) is 27.7 Å². The monoisotopic (exact) mass is 477 g/mol. The lowest BCUT2D eigenvalue weighted by Gasteiger charge is -2.40. The summed E-state index contributed by atoms with van der Waals surface area (Å²) in [5.41, 5.74) is 3.77. The van der Waals surface area contributed by atoms with Crippen molar-refractivity contribution in [2.45, 2.75) is 55.5 Å². The van der Waals surface area contributed by atoms with Gasteiger partial charge in [-0.15, -0.1) is 0 Å². The number of H-pyrrole nitrogens is 1. The largest absolute Gasteiger partial charge is 0.480 e. The highest BCUT2D eigenvalue weighted by molar-refractivity contribution is 7.81. The molecular weight excluding hydrogens is 450 g/mol. The normalized spacial score (nSPS) is 23.0. The molecule has 0 saturated carbocycles. The zero-order valence-electron chi connectivity index (χ0n) is 18.6. The molecule has 7 nitrogen and oxygen atoms in total. The van der Waals surface area contributed by atoms with Gasteiger partial charge in [0.1, 0.15) is 12.1 Å². The number of thiol groups is 1. The van der Waals surface area contributed by atoms with E-state index < -0.39 is 23.3 Å². The molecule has 1 saturated heterocycles. The summed E-state index contributed by atoms with van der Waals surface area (Å²) in [4.78, 5) is 43.8. The smallest absolute Gasteiger partial charge is 0.326 e. The third-order valence-electron chi connectivity index (χ3n) is 6.94. The Morgan fingerprint density at radius 1 is 1.12 bits per heavy atom. The van der Waals surface area contributed by atoms with Crippen molar-refractivity contribution in [1.29, 1.82) is 0 Å². The van der Waals surface area contributed by atoms with E-state index in [0.29, 0.717) is 32.1 Å². The number of nitrogens with zero attached hydrogens (tertiary/aromatic N) is 1. The molecule has 2 aromatic carbocycles. The van der Waals surface area contributed by atoms with Crippen LogP contribution in [0.2, 0.25) is 0 Å². The summed E-state index contributed by atoms with van der Waals surface area (Å²) in [6, 6.07) is 15.3. The van der Waals surface area contributed by atoms with Crippen LogP contribution in [0.15, 0.2) is 54.6 Å². The molecule has 0 radical (unpaired) electrons. The number of piperidine rings is 1. The molecule has 0 unspecified atom stereocenters. The summed E-state index contributed by atoms with van der Waals surface area (Å²) in [6.45, 7) is 0. The van der Waals surface area contributed by atoms with E-state index in [9.17, 15) is 19.5 Å². The summed E-state index contributed by atoms with van der Waals surface area (Å²) in [5.74, 6) is -1.70. The van der Waals surface area contributed by atoms with E-state index in [2.05, 4.69) is 22.9 Å². The molecule has 5 rings (SSSR count). The summed E-state index contributed by atoms with van der Waals surface area (Å²) in [5, 5.41) is 13.2. The Hall–Kier alpha value is -3.26. The molecule has 0 bridgehead atoms. The van der Waals surface area contributed by atoms with E-state index in [1.54, 1.807) is 0 Å². The lowest BCUT2D eigenvalue weighted by atomic mass is 9.92. The highest BCUT2D eigenvalue weighted by Crippen LogP contribution is 2.41. The SMILES string of the molecule is O=C(N[C@H]1Cc2c([nH]c3ccccc23)[C@H]2CCC[C@@H](C(=O)O)N2C1=O)[C@@H](S)Cc1ccccc1. The van der Waals surface area contributed by atoms with Crippen LogP contribution in [0.25, 0.3) is 10.9 Å². The average Bonchev–Trinajstić information content (AvgIpc) is 3.16. The summed E-state index contributed by atoms with van der Waals surface area (Å²) in [7, 11) is 0. The Bertz CT molecular complexity index is 1240. The number of carbonyl (C=O) groups is 3. The molecule has 176 valence electrons. The predicted molar refractivity (Wildman–Crippen MR) is 132 cm³/mol. The van der Waals surface area contributed by atoms with Gasteiger partial charge in [-0.25, -0.2) is 4.79 Å². The summed E-state index contributed by atoms with van der Waals surface area (Å²) < 4.78 is 0. The maximum atomic E-state index is 13.7. The number of benzene rings is 2. The summed E-state index contributed by atoms with van der Waals surface area (Å²) >= 11 is 4.50. The molecule has 3 N–H and O–H groups in total. The van der Waals surface area contributed by atoms with Crippen molar-refractivity contribution in [1.82, 2.24) is 15.2 Å². The minimum Gasteiger partial charge on any atom is -0.480 e. The van der Waals surface area contributed by atoms with Crippen molar-refractivity contribution >= 4 is 41.3 Å². The number of hydrogen-bond acceptors (Lipinski definition) is 4. The van der Waals surface area contributed by atoms with Gasteiger partial charge in [0, 0.05) is 23.0 Å². The van der Waals surface area contributed by atoms with Crippen LogP contribution in [-0.2, 0) is 27.2 Å². The van der Waals surface area contributed by atoms with Crippen molar-refractivity contribution in [3.8, 4) is 0 Å². The number of aliphatic carboxylic acids is 1. The first kappa shape index (κ1) is 22.5. The van der Waals surface area contributed by atoms with E-state index >= 15 is 0 Å². The van der Waals surface area contributed by atoms with Crippen LogP contribution in [-0.4, -0.2) is 50.1 Å². The van der Waals surface area contributed by atoms with Gasteiger partial charge < -0.3 is 20.3 Å². The molecular formula is C26H27N3O4S. The third-order valence-corrected chi connectivity index (χ3v) is 7.36. The third kappa shape index (κ3) is 4.07. The summed E-state index contributed by atoms with van der Waals surface area (Å²) in [6.07, 6.45) is 2.53. The fraction of sp³-hybridized carbons (Fsp3) is 0.346. The highest BCUT2D eigenvalue weighted by atomic mass is 32.1. The Morgan fingerprint density at radius 2 is 1.85 bits per heavy atom. The minimum absolute atomic E-state index is 0.301. The lowest BCUT2D eigenvalue weighted by Crippen LogP contribution is -2.56. The molecule has 0 aliphatic carbocycles.